The Balaban J connectivity index is 2.35. The van der Waals surface area contributed by atoms with Crippen LogP contribution in [0.3, 0.4) is 0 Å². The van der Waals surface area contributed by atoms with E-state index in [9.17, 15) is 13.6 Å². The van der Waals surface area contributed by atoms with E-state index in [0.717, 1.165) is 0 Å². The minimum Gasteiger partial charge on any atom is -0.443 e. The Hall–Kier alpha value is -1.96. The van der Waals surface area contributed by atoms with E-state index in [2.05, 4.69) is 10.3 Å². The van der Waals surface area contributed by atoms with Crippen molar-refractivity contribution < 1.29 is 18.3 Å². The number of nitrogens with two attached hydrogens (primary N) is 1. The van der Waals surface area contributed by atoms with Gasteiger partial charge in [-0.25, -0.2) is 13.6 Å². The van der Waals surface area contributed by atoms with Crippen molar-refractivity contribution in [3.63, 3.8) is 0 Å². The van der Waals surface area contributed by atoms with Crippen molar-refractivity contribution in [3.8, 4) is 0 Å². The highest BCUT2D eigenvalue weighted by Gasteiger charge is 2.42. The smallest absolute Gasteiger partial charge is 0.415 e. The molecule has 0 saturated carbocycles. The first-order valence-electron chi connectivity index (χ1n) is 7.39. The van der Waals surface area contributed by atoms with E-state index in [1.165, 1.54) is 23.4 Å². The SMILES string of the molecule is CC(C)(C)OC(=O)N(c1ccncc1N)[C@@H]1CNCC(F)(F)C1. The van der Waals surface area contributed by atoms with Gasteiger partial charge in [-0.15, -0.1) is 0 Å². The lowest BCUT2D eigenvalue weighted by atomic mass is 10.0. The van der Waals surface area contributed by atoms with E-state index < -0.39 is 36.6 Å². The number of carbonyl (C=O) groups excluding carboxylic acids is 1. The normalized spacial score (nSPS) is 20.8. The number of hydrogen-bond acceptors (Lipinski definition) is 5. The Bertz CT molecular complexity index is 575. The van der Waals surface area contributed by atoms with Crippen molar-refractivity contribution in [2.45, 2.75) is 44.8 Å². The average molecular weight is 328 g/mol. The van der Waals surface area contributed by atoms with Gasteiger partial charge in [0.2, 0.25) is 0 Å². The summed E-state index contributed by atoms with van der Waals surface area (Å²) in [6.07, 6.45) is 1.67. The number of pyridine rings is 1. The first-order chi connectivity index (χ1) is 10.6. The zero-order valence-electron chi connectivity index (χ0n) is 13.5. The van der Waals surface area contributed by atoms with Gasteiger partial charge in [0.25, 0.3) is 5.92 Å². The predicted octanol–water partition coefficient (Wildman–Crippen LogP) is 2.40. The number of aromatic nitrogens is 1. The third-order valence-electron chi connectivity index (χ3n) is 3.34. The van der Waals surface area contributed by atoms with E-state index in [1.807, 2.05) is 0 Å². The third-order valence-corrected chi connectivity index (χ3v) is 3.34. The predicted molar refractivity (Wildman–Crippen MR) is 83.6 cm³/mol. The van der Waals surface area contributed by atoms with Crippen molar-refractivity contribution in [2.75, 3.05) is 23.7 Å². The number of hydrogen-bond donors (Lipinski definition) is 2. The molecule has 128 valence electrons. The summed E-state index contributed by atoms with van der Waals surface area (Å²) in [6.45, 7) is 4.97. The molecular formula is C15H22F2N4O2. The maximum Gasteiger partial charge on any atom is 0.415 e. The highest BCUT2D eigenvalue weighted by atomic mass is 19.3. The number of nitrogens with zero attached hydrogens (tertiary/aromatic N) is 2. The highest BCUT2D eigenvalue weighted by molar-refractivity contribution is 5.92. The van der Waals surface area contributed by atoms with Crippen molar-refractivity contribution >= 4 is 17.5 Å². The van der Waals surface area contributed by atoms with Crippen molar-refractivity contribution in [2.24, 2.45) is 0 Å². The summed E-state index contributed by atoms with van der Waals surface area (Å²) in [5.41, 5.74) is 5.68. The van der Waals surface area contributed by atoms with E-state index in [4.69, 9.17) is 10.5 Å². The molecule has 0 unspecified atom stereocenters. The zero-order valence-corrected chi connectivity index (χ0v) is 13.5. The molecule has 6 nitrogen and oxygen atoms in total. The number of amides is 1. The molecule has 1 aromatic rings. The van der Waals surface area contributed by atoms with Gasteiger partial charge < -0.3 is 15.8 Å². The van der Waals surface area contributed by atoms with Crippen LogP contribution < -0.4 is 16.0 Å². The maximum absolute atomic E-state index is 13.7. The topological polar surface area (TPSA) is 80.5 Å². The fourth-order valence-corrected chi connectivity index (χ4v) is 2.47. The van der Waals surface area contributed by atoms with E-state index >= 15 is 0 Å². The first kappa shape index (κ1) is 17.4. The van der Waals surface area contributed by atoms with Crippen LogP contribution in [-0.2, 0) is 4.74 Å². The number of rotatable bonds is 2. The van der Waals surface area contributed by atoms with Gasteiger partial charge in [0.1, 0.15) is 5.60 Å². The molecule has 1 saturated heterocycles. The van der Waals surface area contributed by atoms with Gasteiger partial charge in [0.15, 0.2) is 0 Å². The molecule has 1 aliphatic rings. The number of carbonyl (C=O) groups is 1. The van der Waals surface area contributed by atoms with E-state index in [1.54, 1.807) is 20.8 Å². The third kappa shape index (κ3) is 4.51. The van der Waals surface area contributed by atoms with Gasteiger partial charge in [-0.05, 0) is 26.8 Å². The molecule has 0 spiro atoms. The van der Waals surface area contributed by atoms with Crippen molar-refractivity contribution in [3.05, 3.63) is 18.5 Å². The van der Waals surface area contributed by atoms with Crippen LogP contribution in [0, 0.1) is 0 Å². The minimum absolute atomic E-state index is 0.229. The summed E-state index contributed by atoms with van der Waals surface area (Å²) >= 11 is 0. The van der Waals surface area contributed by atoms with Crippen LogP contribution in [-0.4, -0.2) is 41.7 Å². The average Bonchev–Trinajstić information content (AvgIpc) is 2.38. The van der Waals surface area contributed by atoms with Crippen LogP contribution >= 0.6 is 0 Å². The fraction of sp³-hybridized carbons (Fsp3) is 0.600. The molecular weight excluding hydrogens is 306 g/mol. The molecule has 2 heterocycles. The number of anilines is 2. The lowest BCUT2D eigenvalue weighted by Crippen LogP contribution is -2.56. The number of ether oxygens (including phenoxy) is 1. The molecule has 0 aromatic carbocycles. The Morgan fingerprint density at radius 2 is 2.22 bits per heavy atom. The summed E-state index contributed by atoms with van der Waals surface area (Å²) in [5, 5.41) is 2.66. The molecule has 0 radical (unpaired) electrons. The summed E-state index contributed by atoms with van der Waals surface area (Å²) in [4.78, 5) is 17.6. The molecule has 1 atom stereocenters. The second-order valence-electron chi connectivity index (χ2n) is 6.63. The maximum atomic E-state index is 13.7. The largest absolute Gasteiger partial charge is 0.443 e. The molecule has 0 bridgehead atoms. The summed E-state index contributed by atoms with van der Waals surface area (Å²) in [7, 11) is 0. The molecule has 2 rings (SSSR count). The Morgan fingerprint density at radius 1 is 1.52 bits per heavy atom. The molecule has 1 amide bonds. The summed E-state index contributed by atoms with van der Waals surface area (Å²) < 4.78 is 32.9. The lowest BCUT2D eigenvalue weighted by Gasteiger charge is -2.38. The lowest BCUT2D eigenvalue weighted by molar-refractivity contribution is -0.0283. The highest BCUT2D eigenvalue weighted by Crippen LogP contribution is 2.32. The van der Waals surface area contributed by atoms with Gasteiger partial charge >= 0.3 is 6.09 Å². The zero-order chi connectivity index (χ0) is 17.3. The first-order valence-corrected chi connectivity index (χ1v) is 7.39. The summed E-state index contributed by atoms with van der Waals surface area (Å²) in [6, 6.07) is 0.754. The molecule has 8 heteroatoms. The quantitative estimate of drug-likeness (QED) is 0.871. The monoisotopic (exact) mass is 328 g/mol. The van der Waals surface area contributed by atoms with Gasteiger partial charge in [0, 0.05) is 19.2 Å². The van der Waals surface area contributed by atoms with Crippen LogP contribution in [0.5, 0.6) is 0 Å². The van der Waals surface area contributed by atoms with Gasteiger partial charge in [-0.3, -0.25) is 9.88 Å². The number of piperidine rings is 1. The number of nitrogen functional groups attached to an aromatic ring is 1. The summed E-state index contributed by atoms with van der Waals surface area (Å²) in [5.74, 6) is -2.90. The second kappa shape index (κ2) is 6.27. The van der Waals surface area contributed by atoms with Crippen molar-refractivity contribution in [1.82, 2.24) is 10.3 Å². The van der Waals surface area contributed by atoms with Crippen LogP contribution in [0.25, 0.3) is 0 Å². The van der Waals surface area contributed by atoms with Crippen LogP contribution in [0.1, 0.15) is 27.2 Å². The van der Waals surface area contributed by atoms with Gasteiger partial charge in [-0.2, -0.15) is 0 Å². The molecule has 1 fully saturated rings. The molecule has 23 heavy (non-hydrogen) atoms. The second-order valence-corrected chi connectivity index (χ2v) is 6.63. The van der Waals surface area contributed by atoms with Crippen molar-refractivity contribution in [1.29, 1.82) is 0 Å². The number of halogens is 2. The Morgan fingerprint density at radius 3 is 2.78 bits per heavy atom. The van der Waals surface area contributed by atoms with Gasteiger partial charge in [-0.1, -0.05) is 0 Å². The van der Waals surface area contributed by atoms with Crippen LogP contribution in [0.2, 0.25) is 0 Å². The standard InChI is InChI=1S/C15H22F2N4O2/c1-14(2,3)23-13(22)21(12-4-5-19-8-11(12)18)10-6-15(16,17)9-20-7-10/h4-5,8,10,20H,6-7,9,18H2,1-3H3/t10-/m0/s1. The fourth-order valence-electron chi connectivity index (χ4n) is 2.47. The van der Waals surface area contributed by atoms with Gasteiger partial charge in [0.05, 0.1) is 30.2 Å². The molecule has 1 aromatic heterocycles. The van der Waals surface area contributed by atoms with Crippen LogP contribution in [0.4, 0.5) is 25.0 Å². The Labute approximate surface area is 134 Å². The Kier molecular flexibility index (Phi) is 4.74. The molecule has 0 aliphatic carbocycles. The molecule has 1 aliphatic heterocycles. The molecule has 3 N–H and O–H groups in total. The van der Waals surface area contributed by atoms with Crippen LogP contribution in [0.15, 0.2) is 18.5 Å². The van der Waals surface area contributed by atoms with E-state index in [-0.39, 0.29) is 12.2 Å². The minimum atomic E-state index is -2.90. The van der Waals surface area contributed by atoms with E-state index in [0.29, 0.717) is 5.69 Å². The number of alkyl halides is 2. The number of nitrogens with one attached hydrogen (secondary N) is 1.